The molecule has 0 unspecified atom stereocenters. The topological polar surface area (TPSA) is 248 Å². The third kappa shape index (κ3) is 11.1. The average molecular weight is 908 g/mol. The Bertz CT molecular complexity index is 2050. The highest BCUT2D eigenvalue weighted by atomic mass is 16.6. The molecule has 0 bridgehead atoms. The Morgan fingerprint density at radius 2 is 1.23 bits per heavy atom. The van der Waals surface area contributed by atoms with Gasteiger partial charge >= 0.3 is 30.0 Å². The summed E-state index contributed by atoms with van der Waals surface area (Å²) >= 11 is 0. The van der Waals surface area contributed by atoms with Crippen molar-refractivity contribution < 1.29 is 57.8 Å². The zero-order valence-electron chi connectivity index (χ0n) is 37.5. The maximum atomic E-state index is 13.5. The van der Waals surface area contributed by atoms with Crippen LogP contribution in [0.4, 0.5) is 15.3 Å². The Hall–Kier alpha value is -6.05. The molecule has 354 valence electrons. The van der Waals surface area contributed by atoms with Crippen LogP contribution >= 0.6 is 0 Å². The van der Waals surface area contributed by atoms with E-state index in [4.69, 9.17) is 14.2 Å². The van der Waals surface area contributed by atoms with Gasteiger partial charge in [-0.1, -0.05) is 24.3 Å². The molecule has 8 atom stereocenters. The van der Waals surface area contributed by atoms with E-state index >= 15 is 0 Å². The first-order chi connectivity index (χ1) is 31.0. The van der Waals surface area contributed by atoms with Crippen LogP contribution in [0.2, 0.25) is 0 Å². The summed E-state index contributed by atoms with van der Waals surface area (Å²) in [4.78, 5) is 107. The highest BCUT2D eigenvalue weighted by Gasteiger charge is 2.63. The highest BCUT2D eigenvalue weighted by molar-refractivity contribution is 5.96. The van der Waals surface area contributed by atoms with E-state index in [0.717, 1.165) is 38.5 Å². The molecule has 4 heterocycles. The number of non-ortho nitro benzene ring substituents is 1. The van der Waals surface area contributed by atoms with E-state index in [-0.39, 0.29) is 74.3 Å². The van der Waals surface area contributed by atoms with Crippen molar-refractivity contribution in [3.8, 4) is 0 Å². The predicted molar refractivity (Wildman–Crippen MR) is 232 cm³/mol. The van der Waals surface area contributed by atoms with Gasteiger partial charge in [-0.3, -0.25) is 19.7 Å². The number of allylic oxidation sites excluding steroid dienone is 2. The average Bonchev–Trinajstić information content (AvgIpc) is 4.05. The van der Waals surface area contributed by atoms with Gasteiger partial charge in [-0.15, -0.1) is 0 Å². The van der Waals surface area contributed by atoms with Crippen LogP contribution in [0.25, 0.3) is 0 Å². The number of aliphatic hydroxyl groups is 1. The second-order valence-corrected chi connectivity index (χ2v) is 17.5. The minimum Gasteiger partial charge on any atom is -0.464 e. The number of fused-ring (bicyclic) bond motifs is 4. The summed E-state index contributed by atoms with van der Waals surface area (Å²) < 4.78 is 16.0. The van der Waals surface area contributed by atoms with Crippen molar-refractivity contribution in [2.75, 3.05) is 53.5 Å². The minimum absolute atomic E-state index is 0.00425. The standard InChI is InChI=1S/C26H32N4O8.C19H29N3O5/c1-3-37-24(33)26-15-18(26)8-6-4-5-7-13-28(2)25(34)29-16-20(14-21(29)22(31)27-26)38-23(32)17-9-11-19(12-10-17)30(35)36;1-3-27-17(25)19-11-13(19)8-6-4-5-7-9-21(2)18(26)22-12-14(23)10-15(22)16(24)20-19/h6,8-12,18,20-21H,3-5,7,13-16H2,1-2H3,(H,27,31);6,8,13-15,23H,3-5,7,9-12H2,1-2H3,(H,20,24)/b2*8-6-/t18-,20+,21+,26-;13-,14+,15+,19-/m11/s1. The number of nitro groups is 1. The molecule has 6 aliphatic rings. The van der Waals surface area contributed by atoms with E-state index in [1.165, 1.54) is 39.0 Å². The van der Waals surface area contributed by atoms with Crippen molar-refractivity contribution in [3.63, 3.8) is 0 Å². The zero-order valence-corrected chi connectivity index (χ0v) is 37.5. The first-order valence-corrected chi connectivity index (χ1v) is 22.5. The lowest BCUT2D eigenvalue weighted by Gasteiger charge is -2.30. The molecule has 1 aromatic rings. The molecule has 3 N–H and O–H groups in total. The first-order valence-electron chi connectivity index (χ1n) is 22.5. The molecular formula is C45H61N7O13. The Labute approximate surface area is 377 Å². The number of ether oxygens (including phenoxy) is 3. The third-order valence-electron chi connectivity index (χ3n) is 12.8. The van der Waals surface area contributed by atoms with Crippen LogP contribution in [-0.2, 0) is 33.4 Å². The van der Waals surface area contributed by atoms with Crippen molar-refractivity contribution in [1.82, 2.24) is 30.2 Å². The lowest BCUT2D eigenvalue weighted by molar-refractivity contribution is -0.384. The number of nitro benzene ring substituents is 1. The summed E-state index contributed by atoms with van der Waals surface area (Å²) in [6, 6.07) is 2.61. The highest BCUT2D eigenvalue weighted by Crippen LogP contribution is 2.47. The van der Waals surface area contributed by atoms with Crippen molar-refractivity contribution >= 4 is 47.5 Å². The summed E-state index contributed by atoms with van der Waals surface area (Å²) in [6.07, 6.45) is 12.6. The van der Waals surface area contributed by atoms with Crippen LogP contribution in [0.5, 0.6) is 0 Å². The lowest BCUT2D eigenvalue weighted by Crippen LogP contribution is -2.55. The van der Waals surface area contributed by atoms with Gasteiger partial charge in [0.1, 0.15) is 29.3 Å². The number of rotatable bonds is 7. The maximum absolute atomic E-state index is 13.5. The molecule has 4 fully saturated rings. The molecular weight excluding hydrogens is 847 g/mol. The molecule has 0 radical (unpaired) electrons. The molecule has 20 heteroatoms. The van der Waals surface area contributed by atoms with Crippen molar-refractivity contribution in [3.05, 3.63) is 64.2 Å². The van der Waals surface area contributed by atoms with Crippen LogP contribution in [-0.4, -0.2) is 160 Å². The fourth-order valence-corrected chi connectivity index (χ4v) is 8.95. The number of esters is 3. The molecule has 0 aromatic heterocycles. The van der Waals surface area contributed by atoms with Crippen molar-refractivity contribution in [2.45, 2.75) is 113 Å². The van der Waals surface area contributed by atoms with Gasteiger partial charge in [-0.25, -0.2) is 24.0 Å². The quantitative estimate of drug-likeness (QED) is 0.117. The Morgan fingerprint density at radius 3 is 1.71 bits per heavy atom. The molecule has 6 amide bonds. The summed E-state index contributed by atoms with van der Waals surface area (Å²) in [6.45, 7) is 5.06. The Balaban J connectivity index is 0.000000228. The summed E-state index contributed by atoms with van der Waals surface area (Å²) in [5.74, 6) is -2.87. The molecule has 2 aliphatic carbocycles. The number of nitrogens with one attached hydrogen (secondary N) is 2. The molecule has 1 aromatic carbocycles. The van der Waals surface area contributed by atoms with Gasteiger partial charge in [0, 0.05) is 70.5 Å². The summed E-state index contributed by atoms with van der Waals surface area (Å²) in [7, 11) is 3.37. The fraction of sp³-hybridized carbons (Fsp3) is 0.622. The fourth-order valence-electron chi connectivity index (χ4n) is 8.95. The lowest BCUT2D eigenvalue weighted by atomic mass is 10.1. The van der Waals surface area contributed by atoms with Gasteiger partial charge in [0.25, 0.3) is 5.69 Å². The zero-order chi connectivity index (χ0) is 47.1. The van der Waals surface area contributed by atoms with Gasteiger partial charge in [0.05, 0.1) is 36.3 Å². The normalized spacial score (nSPS) is 31.3. The van der Waals surface area contributed by atoms with E-state index in [2.05, 4.69) is 10.6 Å². The van der Waals surface area contributed by atoms with E-state index < -0.39 is 70.0 Å². The largest absolute Gasteiger partial charge is 0.464 e. The summed E-state index contributed by atoms with van der Waals surface area (Å²) in [5, 5.41) is 26.6. The van der Waals surface area contributed by atoms with E-state index in [9.17, 15) is 48.8 Å². The number of nitrogens with zero attached hydrogens (tertiary/aromatic N) is 5. The van der Waals surface area contributed by atoms with E-state index in [1.54, 1.807) is 32.8 Å². The van der Waals surface area contributed by atoms with Crippen LogP contribution in [0.15, 0.2) is 48.6 Å². The number of carbonyl (C=O) groups is 7. The SMILES string of the molecule is CCOC(=O)[C@@]12C[C@H]1/C=C\CCCCN(C)C(=O)N1C[C@@H](O)C[C@H]1C(=O)N2.CCOC(=O)[C@@]12C[C@H]1/C=C\CCCCN(C)C(=O)N1C[C@@H](OC(=O)c3ccc([N+](=O)[O-])cc3)C[C@H]1C(=O)N2. The summed E-state index contributed by atoms with van der Waals surface area (Å²) in [5.41, 5.74) is -2.28. The Kier molecular flexibility index (Phi) is 15.5. The number of aliphatic hydroxyl groups excluding tert-OH is 1. The number of carbonyl (C=O) groups excluding carboxylic acids is 7. The molecule has 4 aliphatic heterocycles. The van der Waals surface area contributed by atoms with Crippen molar-refractivity contribution in [2.24, 2.45) is 11.8 Å². The molecule has 0 spiro atoms. The van der Waals surface area contributed by atoms with Gasteiger partial charge in [0.15, 0.2) is 0 Å². The Morgan fingerprint density at radius 1 is 0.754 bits per heavy atom. The second kappa shape index (κ2) is 20.8. The molecule has 65 heavy (non-hydrogen) atoms. The van der Waals surface area contributed by atoms with Gasteiger partial charge in [0.2, 0.25) is 11.8 Å². The number of benzene rings is 1. The van der Waals surface area contributed by atoms with Crippen LogP contribution in [0.1, 0.15) is 88.4 Å². The number of urea groups is 2. The van der Waals surface area contributed by atoms with Gasteiger partial charge in [-0.2, -0.15) is 0 Å². The number of hydrogen-bond donors (Lipinski definition) is 3. The molecule has 7 rings (SSSR count). The van der Waals surface area contributed by atoms with Crippen molar-refractivity contribution in [1.29, 1.82) is 0 Å². The maximum Gasteiger partial charge on any atom is 0.338 e. The van der Waals surface area contributed by atoms with Crippen LogP contribution < -0.4 is 10.6 Å². The minimum atomic E-state index is -1.18. The smallest absolute Gasteiger partial charge is 0.338 e. The second-order valence-electron chi connectivity index (χ2n) is 17.5. The van der Waals surface area contributed by atoms with Gasteiger partial charge < -0.3 is 49.6 Å². The monoisotopic (exact) mass is 907 g/mol. The molecule has 2 saturated carbocycles. The van der Waals surface area contributed by atoms with Crippen LogP contribution in [0, 0.1) is 22.0 Å². The number of hydrogen-bond acceptors (Lipinski definition) is 13. The van der Waals surface area contributed by atoms with Crippen LogP contribution in [0.3, 0.4) is 0 Å². The van der Waals surface area contributed by atoms with E-state index in [0.29, 0.717) is 25.9 Å². The van der Waals surface area contributed by atoms with E-state index in [1.807, 2.05) is 24.3 Å². The van der Waals surface area contributed by atoms with Gasteiger partial charge in [-0.05, 0) is 77.3 Å². The predicted octanol–water partition coefficient (Wildman–Crippen LogP) is 3.08. The number of amides is 6. The first kappa shape index (κ1) is 48.4. The third-order valence-corrected chi connectivity index (χ3v) is 12.8. The molecule has 2 saturated heterocycles. The molecule has 20 nitrogen and oxygen atoms in total.